The number of halogens is 1. The third kappa shape index (κ3) is 2.66. The van der Waals surface area contributed by atoms with Crippen LogP contribution >= 0.6 is 0 Å². The minimum Gasteiger partial charge on any atom is -0.367 e. The molecule has 0 unspecified atom stereocenters. The number of benzene rings is 1. The number of aromatic nitrogens is 2. The molecule has 0 atom stereocenters. The summed E-state index contributed by atoms with van der Waals surface area (Å²) in [5.74, 6) is 0.479. The summed E-state index contributed by atoms with van der Waals surface area (Å²) < 4.78 is 13.4. The van der Waals surface area contributed by atoms with Crippen LogP contribution in [0.1, 0.15) is 12.8 Å². The molecule has 0 spiro atoms. The molecule has 0 aliphatic carbocycles. The molecule has 19 heavy (non-hydrogen) atoms. The van der Waals surface area contributed by atoms with Crippen molar-refractivity contribution in [3.63, 3.8) is 0 Å². The molecule has 0 radical (unpaired) electrons. The second-order valence-corrected chi connectivity index (χ2v) is 5.11. The van der Waals surface area contributed by atoms with Crippen LogP contribution in [0.15, 0.2) is 24.5 Å². The molecule has 1 fully saturated rings. The van der Waals surface area contributed by atoms with Crippen molar-refractivity contribution in [2.24, 2.45) is 0 Å². The van der Waals surface area contributed by atoms with E-state index >= 15 is 0 Å². The molecule has 3 rings (SSSR count). The minimum absolute atomic E-state index is 0.256. The van der Waals surface area contributed by atoms with Crippen molar-refractivity contribution in [2.75, 3.05) is 25.5 Å². The number of hydrogen-bond acceptors (Lipinski definition) is 4. The second-order valence-electron chi connectivity index (χ2n) is 5.11. The topological polar surface area (TPSA) is 41.0 Å². The molecule has 100 valence electrons. The summed E-state index contributed by atoms with van der Waals surface area (Å²) in [5, 5.41) is 4.18. The van der Waals surface area contributed by atoms with Gasteiger partial charge in [0.1, 0.15) is 18.0 Å². The van der Waals surface area contributed by atoms with Gasteiger partial charge in [-0.15, -0.1) is 0 Å². The molecule has 0 amide bonds. The fourth-order valence-electron chi connectivity index (χ4n) is 2.49. The van der Waals surface area contributed by atoms with Gasteiger partial charge in [-0.05, 0) is 51.2 Å². The van der Waals surface area contributed by atoms with Crippen LogP contribution in [0, 0.1) is 5.82 Å². The van der Waals surface area contributed by atoms with E-state index in [9.17, 15) is 4.39 Å². The van der Waals surface area contributed by atoms with E-state index in [1.807, 2.05) is 0 Å². The Hall–Kier alpha value is -1.75. The van der Waals surface area contributed by atoms with E-state index in [-0.39, 0.29) is 5.82 Å². The highest BCUT2D eigenvalue weighted by Crippen LogP contribution is 2.22. The fourth-order valence-corrected chi connectivity index (χ4v) is 2.49. The Balaban J connectivity index is 1.86. The molecule has 1 aromatic heterocycles. The van der Waals surface area contributed by atoms with Crippen LogP contribution in [0.4, 0.5) is 10.2 Å². The number of likely N-dealkylation sites (tertiary alicyclic amines) is 1. The zero-order valence-corrected chi connectivity index (χ0v) is 10.9. The SMILES string of the molecule is CN1CCC(Nc2ncnc3ccc(F)cc23)CC1. The third-order valence-electron chi connectivity index (χ3n) is 3.66. The van der Waals surface area contributed by atoms with E-state index in [2.05, 4.69) is 27.2 Å². The summed E-state index contributed by atoms with van der Waals surface area (Å²) in [6.45, 7) is 2.16. The molecule has 2 heterocycles. The molecule has 0 bridgehead atoms. The summed E-state index contributed by atoms with van der Waals surface area (Å²) >= 11 is 0. The van der Waals surface area contributed by atoms with Crippen molar-refractivity contribution in [3.8, 4) is 0 Å². The lowest BCUT2D eigenvalue weighted by atomic mass is 10.1. The van der Waals surface area contributed by atoms with Crippen LogP contribution in [0.3, 0.4) is 0 Å². The normalized spacial score (nSPS) is 17.8. The largest absolute Gasteiger partial charge is 0.367 e. The number of nitrogens with zero attached hydrogens (tertiary/aromatic N) is 3. The van der Waals surface area contributed by atoms with Gasteiger partial charge in [0.05, 0.1) is 5.52 Å². The zero-order chi connectivity index (χ0) is 13.2. The lowest BCUT2D eigenvalue weighted by Crippen LogP contribution is -2.36. The van der Waals surface area contributed by atoms with Crippen LogP contribution < -0.4 is 5.32 Å². The first-order valence-corrected chi connectivity index (χ1v) is 6.58. The summed E-state index contributed by atoms with van der Waals surface area (Å²) in [7, 11) is 2.13. The third-order valence-corrected chi connectivity index (χ3v) is 3.66. The first kappa shape index (κ1) is 12.3. The van der Waals surface area contributed by atoms with Gasteiger partial charge in [0.2, 0.25) is 0 Å². The minimum atomic E-state index is -0.256. The van der Waals surface area contributed by atoms with Crippen LogP contribution in [-0.2, 0) is 0 Å². The van der Waals surface area contributed by atoms with E-state index in [4.69, 9.17) is 0 Å². The average molecular weight is 260 g/mol. The Kier molecular flexibility index (Phi) is 3.29. The van der Waals surface area contributed by atoms with Gasteiger partial charge < -0.3 is 10.2 Å². The quantitative estimate of drug-likeness (QED) is 0.899. The van der Waals surface area contributed by atoms with Crippen molar-refractivity contribution in [2.45, 2.75) is 18.9 Å². The first-order valence-electron chi connectivity index (χ1n) is 6.58. The van der Waals surface area contributed by atoms with Crippen LogP contribution in [0.2, 0.25) is 0 Å². The second kappa shape index (κ2) is 5.09. The van der Waals surface area contributed by atoms with Crippen molar-refractivity contribution in [3.05, 3.63) is 30.3 Å². The van der Waals surface area contributed by atoms with Crippen LogP contribution in [0.25, 0.3) is 10.9 Å². The van der Waals surface area contributed by atoms with E-state index in [1.54, 1.807) is 6.07 Å². The molecule has 4 nitrogen and oxygen atoms in total. The van der Waals surface area contributed by atoms with Gasteiger partial charge in [-0.3, -0.25) is 0 Å². The number of piperidine rings is 1. The maximum atomic E-state index is 13.4. The highest BCUT2D eigenvalue weighted by Gasteiger charge is 2.17. The molecular formula is C14H17FN4. The number of fused-ring (bicyclic) bond motifs is 1. The number of anilines is 1. The summed E-state index contributed by atoms with van der Waals surface area (Å²) in [6.07, 6.45) is 3.69. The molecule has 2 aromatic rings. The van der Waals surface area contributed by atoms with Crippen molar-refractivity contribution < 1.29 is 4.39 Å². The number of rotatable bonds is 2. The molecule has 0 saturated carbocycles. The summed E-state index contributed by atoms with van der Waals surface area (Å²) in [6, 6.07) is 5.01. The maximum absolute atomic E-state index is 13.4. The van der Waals surface area contributed by atoms with E-state index in [0.29, 0.717) is 6.04 Å². The van der Waals surface area contributed by atoms with Gasteiger partial charge in [-0.25, -0.2) is 14.4 Å². The number of nitrogens with one attached hydrogen (secondary N) is 1. The standard InChI is InChI=1S/C14H17FN4/c1-19-6-4-11(5-7-19)18-14-12-8-10(15)2-3-13(12)16-9-17-14/h2-3,8-9,11H,4-7H2,1H3,(H,16,17,18). The smallest absolute Gasteiger partial charge is 0.137 e. The average Bonchev–Trinajstić information content (AvgIpc) is 2.42. The van der Waals surface area contributed by atoms with Gasteiger partial charge in [-0.2, -0.15) is 0 Å². The summed E-state index contributed by atoms with van der Waals surface area (Å²) in [4.78, 5) is 10.7. The monoisotopic (exact) mass is 260 g/mol. The van der Waals surface area contributed by atoms with Gasteiger partial charge in [0.25, 0.3) is 0 Å². The Morgan fingerprint density at radius 3 is 2.84 bits per heavy atom. The lowest BCUT2D eigenvalue weighted by molar-refractivity contribution is 0.264. The predicted octanol–water partition coefficient (Wildman–Crippen LogP) is 2.28. The Morgan fingerprint density at radius 1 is 1.26 bits per heavy atom. The molecule has 1 N–H and O–H groups in total. The van der Waals surface area contributed by atoms with E-state index in [1.165, 1.54) is 18.5 Å². The molecule has 1 aromatic carbocycles. The molecule has 1 aliphatic heterocycles. The Labute approximate surface area is 111 Å². The van der Waals surface area contributed by atoms with Crippen molar-refractivity contribution in [1.82, 2.24) is 14.9 Å². The molecule has 5 heteroatoms. The van der Waals surface area contributed by atoms with E-state index in [0.717, 1.165) is 42.7 Å². The van der Waals surface area contributed by atoms with Gasteiger partial charge in [0, 0.05) is 11.4 Å². The summed E-state index contributed by atoms with van der Waals surface area (Å²) in [5.41, 5.74) is 0.770. The zero-order valence-electron chi connectivity index (χ0n) is 10.9. The highest BCUT2D eigenvalue weighted by atomic mass is 19.1. The number of hydrogen-bond donors (Lipinski definition) is 1. The van der Waals surface area contributed by atoms with E-state index < -0.39 is 0 Å². The highest BCUT2D eigenvalue weighted by molar-refractivity contribution is 5.88. The Bertz CT molecular complexity index is 579. The van der Waals surface area contributed by atoms with Crippen LogP contribution in [-0.4, -0.2) is 41.0 Å². The van der Waals surface area contributed by atoms with Gasteiger partial charge in [-0.1, -0.05) is 0 Å². The molecule has 1 aliphatic rings. The predicted molar refractivity (Wildman–Crippen MR) is 73.6 cm³/mol. The molecule has 1 saturated heterocycles. The fraction of sp³-hybridized carbons (Fsp3) is 0.429. The van der Waals surface area contributed by atoms with Crippen molar-refractivity contribution >= 4 is 16.7 Å². The lowest BCUT2D eigenvalue weighted by Gasteiger charge is -2.30. The Morgan fingerprint density at radius 2 is 2.05 bits per heavy atom. The van der Waals surface area contributed by atoms with Crippen molar-refractivity contribution in [1.29, 1.82) is 0 Å². The van der Waals surface area contributed by atoms with Gasteiger partial charge in [0.15, 0.2) is 0 Å². The molecular weight excluding hydrogens is 243 g/mol. The maximum Gasteiger partial charge on any atom is 0.137 e. The van der Waals surface area contributed by atoms with Gasteiger partial charge >= 0.3 is 0 Å². The van der Waals surface area contributed by atoms with Crippen LogP contribution in [0.5, 0.6) is 0 Å². The first-order chi connectivity index (χ1) is 9.22.